The van der Waals surface area contributed by atoms with Gasteiger partial charge < -0.3 is 19.7 Å². The van der Waals surface area contributed by atoms with Gasteiger partial charge in [-0.15, -0.1) is 0 Å². The van der Waals surface area contributed by atoms with Crippen LogP contribution in [0.25, 0.3) is 12.2 Å². The first-order chi connectivity index (χ1) is 17.9. The van der Waals surface area contributed by atoms with Gasteiger partial charge in [0.1, 0.15) is 11.5 Å². The van der Waals surface area contributed by atoms with Crippen LogP contribution in [-0.4, -0.2) is 41.1 Å². The van der Waals surface area contributed by atoms with E-state index in [0.717, 1.165) is 16.7 Å². The molecule has 1 aliphatic carbocycles. The molecule has 188 valence electrons. The predicted molar refractivity (Wildman–Crippen MR) is 139 cm³/mol. The second kappa shape index (κ2) is 11.9. The SMILES string of the molecule is O=C(O)COc1ccc(/C=C2\CC(c3ccccc3)C/C(=C\c3ccc(OCC(=O)O)cc3)C2=O)cc1. The average Bonchev–Trinajstić information content (AvgIpc) is 2.90. The van der Waals surface area contributed by atoms with Gasteiger partial charge in [0.2, 0.25) is 0 Å². The minimum Gasteiger partial charge on any atom is -0.482 e. The van der Waals surface area contributed by atoms with Crippen molar-refractivity contribution in [1.82, 2.24) is 0 Å². The third-order valence-electron chi connectivity index (χ3n) is 5.95. The fourth-order valence-corrected chi connectivity index (χ4v) is 4.22. The van der Waals surface area contributed by atoms with Crippen LogP contribution in [0.1, 0.15) is 35.4 Å². The highest BCUT2D eigenvalue weighted by Gasteiger charge is 2.28. The highest BCUT2D eigenvalue weighted by atomic mass is 16.5. The molecule has 1 fully saturated rings. The van der Waals surface area contributed by atoms with E-state index in [1.165, 1.54) is 0 Å². The van der Waals surface area contributed by atoms with Crippen molar-refractivity contribution in [2.24, 2.45) is 0 Å². The quantitative estimate of drug-likeness (QED) is 0.389. The molecule has 1 aliphatic rings. The second-order valence-corrected chi connectivity index (χ2v) is 8.69. The summed E-state index contributed by atoms with van der Waals surface area (Å²) in [7, 11) is 0. The molecule has 37 heavy (non-hydrogen) atoms. The topological polar surface area (TPSA) is 110 Å². The molecule has 0 aliphatic heterocycles. The maximum absolute atomic E-state index is 13.5. The van der Waals surface area contributed by atoms with Crippen LogP contribution >= 0.6 is 0 Å². The van der Waals surface area contributed by atoms with Crippen LogP contribution in [0.4, 0.5) is 0 Å². The van der Waals surface area contributed by atoms with Crippen LogP contribution in [-0.2, 0) is 14.4 Å². The Labute approximate surface area is 214 Å². The Morgan fingerprint density at radius 3 is 1.54 bits per heavy atom. The maximum atomic E-state index is 13.5. The molecule has 0 aromatic heterocycles. The summed E-state index contributed by atoms with van der Waals surface area (Å²) in [5.41, 5.74) is 4.17. The number of rotatable bonds is 9. The summed E-state index contributed by atoms with van der Waals surface area (Å²) in [6, 6.07) is 24.0. The van der Waals surface area contributed by atoms with Gasteiger partial charge in [-0.3, -0.25) is 4.79 Å². The first kappa shape index (κ1) is 25.4. The van der Waals surface area contributed by atoms with Crippen molar-refractivity contribution in [3.63, 3.8) is 0 Å². The number of hydrogen-bond donors (Lipinski definition) is 2. The summed E-state index contributed by atoms with van der Waals surface area (Å²) in [5.74, 6) is -1.10. The van der Waals surface area contributed by atoms with E-state index < -0.39 is 25.2 Å². The molecule has 0 atom stereocenters. The lowest BCUT2D eigenvalue weighted by Crippen LogP contribution is -2.19. The van der Waals surface area contributed by atoms with Crippen LogP contribution in [0.3, 0.4) is 0 Å². The van der Waals surface area contributed by atoms with Gasteiger partial charge in [-0.2, -0.15) is 0 Å². The monoisotopic (exact) mass is 498 g/mol. The number of allylic oxidation sites excluding steroid dienone is 2. The standard InChI is InChI=1S/C30H26O7/c31-28(32)18-36-26-10-6-20(7-11-26)14-24-16-23(22-4-2-1-3-5-22)17-25(30(24)35)15-21-8-12-27(13-9-21)37-19-29(33)34/h1-15,23H,16-19H2,(H,31,32)(H,33,34)/b24-14+,25-15+. The summed E-state index contributed by atoms with van der Waals surface area (Å²) in [6.45, 7) is -0.836. The zero-order valence-corrected chi connectivity index (χ0v) is 20.0. The molecule has 0 radical (unpaired) electrons. The smallest absolute Gasteiger partial charge is 0.341 e. The summed E-state index contributed by atoms with van der Waals surface area (Å²) in [5, 5.41) is 17.6. The minimum absolute atomic E-state index is 0.0235. The van der Waals surface area contributed by atoms with Gasteiger partial charge in [-0.05, 0) is 71.9 Å². The van der Waals surface area contributed by atoms with E-state index >= 15 is 0 Å². The largest absolute Gasteiger partial charge is 0.482 e. The molecule has 2 N–H and O–H groups in total. The van der Waals surface area contributed by atoms with E-state index in [-0.39, 0.29) is 11.7 Å². The van der Waals surface area contributed by atoms with Gasteiger partial charge in [0, 0.05) is 11.1 Å². The number of carbonyl (C=O) groups excluding carboxylic acids is 1. The normalized spacial score (nSPS) is 17.5. The molecule has 0 heterocycles. The molecule has 7 heteroatoms. The van der Waals surface area contributed by atoms with Crippen molar-refractivity contribution in [2.75, 3.05) is 13.2 Å². The lowest BCUT2D eigenvalue weighted by Gasteiger charge is -2.26. The lowest BCUT2D eigenvalue weighted by atomic mass is 9.77. The van der Waals surface area contributed by atoms with Gasteiger partial charge in [0.15, 0.2) is 19.0 Å². The van der Waals surface area contributed by atoms with E-state index in [2.05, 4.69) is 12.1 Å². The van der Waals surface area contributed by atoms with Gasteiger partial charge in [0.05, 0.1) is 0 Å². The first-order valence-electron chi connectivity index (χ1n) is 11.8. The zero-order chi connectivity index (χ0) is 26.2. The molecular formula is C30H26O7. The van der Waals surface area contributed by atoms with E-state index in [0.29, 0.717) is 35.5 Å². The van der Waals surface area contributed by atoms with E-state index in [1.54, 1.807) is 48.5 Å². The van der Waals surface area contributed by atoms with Crippen molar-refractivity contribution in [3.05, 3.63) is 107 Å². The van der Waals surface area contributed by atoms with Crippen molar-refractivity contribution in [2.45, 2.75) is 18.8 Å². The minimum atomic E-state index is -1.05. The molecule has 4 rings (SSSR count). The van der Waals surface area contributed by atoms with E-state index in [4.69, 9.17) is 19.7 Å². The molecule has 0 amide bonds. The number of ether oxygens (including phenoxy) is 2. The number of carboxylic acid groups (broad SMARTS) is 2. The van der Waals surface area contributed by atoms with Crippen molar-refractivity contribution < 1.29 is 34.1 Å². The van der Waals surface area contributed by atoms with Crippen molar-refractivity contribution in [3.8, 4) is 11.5 Å². The Morgan fingerprint density at radius 2 is 1.14 bits per heavy atom. The van der Waals surface area contributed by atoms with Crippen LogP contribution < -0.4 is 9.47 Å². The Balaban J connectivity index is 1.60. The Bertz CT molecular complexity index is 1240. The Hall–Kier alpha value is -4.65. The van der Waals surface area contributed by atoms with Crippen LogP contribution in [0.2, 0.25) is 0 Å². The summed E-state index contributed by atoms with van der Waals surface area (Å²) < 4.78 is 10.4. The van der Waals surface area contributed by atoms with E-state index in [1.807, 2.05) is 30.4 Å². The Kier molecular flexibility index (Phi) is 8.15. The highest BCUT2D eigenvalue weighted by molar-refractivity contribution is 6.14. The average molecular weight is 499 g/mol. The fraction of sp³-hybridized carbons (Fsp3) is 0.167. The molecule has 3 aromatic carbocycles. The first-order valence-corrected chi connectivity index (χ1v) is 11.8. The summed E-state index contributed by atoms with van der Waals surface area (Å²) in [6.07, 6.45) is 4.93. The third-order valence-corrected chi connectivity index (χ3v) is 5.95. The number of Topliss-reactive ketones (excluding diaryl/α,β-unsaturated/α-hetero) is 1. The van der Waals surface area contributed by atoms with Gasteiger partial charge in [0.25, 0.3) is 0 Å². The number of aliphatic carboxylic acids is 2. The fourth-order valence-electron chi connectivity index (χ4n) is 4.22. The van der Waals surface area contributed by atoms with Crippen LogP contribution in [0, 0.1) is 0 Å². The number of ketones is 1. The van der Waals surface area contributed by atoms with Gasteiger partial charge >= 0.3 is 11.9 Å². The molecule has 0 spiro atoms. The third kappa shape index (κ3) is 7.18. The maximum Gasteiger partial charge on any atom is 0.341 e. The van der Waals surface area contributed by atoms with Gasteiger partial charge in [-0.1, -0.05) is 54.6 Å². The number of carboxylic acids is 2. The lowest BCUT2D eigenvalue weighted by molar-refractivity contribution is -0.140. The number of hydrogen-bond acceptors (Lipinski definition) is 5. The molecular weight excluding hydrogens is 472 g/mol. The van der Waals surface area contributed by atoms with Crippen molar-refractivity contribution >= 4 is 29.9 Å². The predicted octanol–water partition coefficient (Wildman–Crippen LogP) is 5.23. The summed E-state index contributed by atoms with van der Waals surface area (Å²) in [4.78, 5) is 34.9. The van der Waals surface area contributed by atoms with Gasteiger partial charge in [-0.25, -0.2) is 9.59 Å². The molecule has 0 unspecified atom stereocenters. The molecule has 3 aromatic rings. The molecule has 0 saturated heterocycles. The van der Waals surface area contributed by atoms with E-state index in [9.17, 15) is 14.4 Å². The second-order valence-electron chi connectivity index (χ2n) is 8.69. The number of benzene rings is 3. The number of carbonyl (C=O) groups is 3. The molecule has 0 bridgehead atoms. The summed E-state index contributed by atoms with van der Waals surface area (Å²) >= 11 is 0. The van der Waals surface area contributed by atoms with Crippen LogP contribution in [0.15, 0.2) is 90.0 Å². The van der Waals surface area contributed by atoms with Crippen molar-refractivity contribution in [1.29, 1.82) is 0 Å². The van der Waals surface area contributed by atoms with Crippen LogP contribution in [0.5, 0.6) is 11.5 Å². The highest BCUT2D eigenvalue weighted by Crippen LogP contribution is 2.38. The Morgan fingerprint density at radius 1 is 0.703 bits per heavy atom. The zero-order valence-electron chi connectivity index (χ0n) is 20.0. The molecule has 7 nitrogen and oxygen atoms in total. The molecule has 1 saturated carbocycles.